The van der Waals surface area contributed by atoms with Gasteiger partial charge in [-0.05, 0) is 37.6 Å². The number of para-hydroxylation sites is 1. The van der Waals surface area contributed by atoms with E-state index in [1.54, 1.807) is 6.20 Å². The summed E-state index contributed by atoms with van der Waals surface area (Å²) in [6.45, 7) is 4.00. The van der Waals surface area contributed by atoms with Crippen LogP contribution in [0, 0.1) is 0 Å². The Hall–Kier alpha value is -2.42. The summed E-state index contributed by atoms with van der Waals surface area (Å²) in [7, 11) is 0. The molecule has 3 nitrogen and oxygen atoms in total. The van der Waals surface area contributed by atoms with Crippen molar-refractivity contribution < 1.29 is 0 Å². The Morgan fingerprint density at radius 3 is 2.58 bits per heavy atom. The second-order valence-corrected chi connectivity index (χ2v) is 4.00. The van der Waals surface area contributed by atoms with Gasteiger partial charge in [-0.2, -0.15) is 0 Å². The number of anilines is 2. The van der Waals surface area contributed by atoms with E-state index in [0.29, 0.717) is 5.95 Å². The van der Waals surface area contributed by atoms with Crippen molar-refractivity contribution in [3.63, 3.8) is 0 Å². The lowest BCUT2D eigenvalue weighted by atomic mass is 10.1. The molecule has 0 aliphatic carbocycles. The normalized spacial score (nSPS) is 11.8. The number of allylic oxidation sites excluding steroid dienone is 4. The quantitative estimate of drug-likeness (QED) is 0.827. The first kappa shape index (κ1) is 13.0. The summed E-state index contributed by atoms with van der Waals surface area (Å²) in [5, 5.41) is 3.19. The van der Waals surface area contributed by atoms with Crippen LogP contribution in [0.4, 0.5) is 11.6 Å². The average molecular weight is 251 g/mol. The van der Waals surface area contributed by atoms with Gasteiger partial charge in [-0.15, -0.1) is 0 Å². The van der Waals surface area contributed by atoms with Gasteiger partial charge in [0.1, 0.15) is 0 Å². The first-order valence-electron chi connectivity index (χ1n) is 6.28. The number of aromatic nitrogens is 2. The van der Waals surface area contributed by atoms with Gasteiger partial charge in [0.2, 0.25) is 5.95 Å². The summed E-state index contributed by atoms with van der Waals surface area (Å²) in [5.74, 6) is 0.604. The number of hydrogen-bond acceptors (Lipinski definition) is 3. The van der Waals surface area contributed by atoms with Gasteiger partial charge in [-0.1, -0.05) is 36.4 Å². The number of nitrogens with one attached hydrogen (secondary N) is 1. The Morgan fingerprint density at radius 2 is 1.89 bits per heavy atom. The van der Waals surface area contributed by atoms with Crippen molar-refractivity contribution in [3.05, 3.63) is 66.5 Å². The minimum Gasteiger partial charge on any atom is -0.324 e. The molecule has 96 valence electrons. The Labute approximate surface area is 113 Å². The highest BCUT2D eigenvalue weighted by Crippen LogP contribution is 2.16. The molecule has 0 atom stereocenters. The predicted molar refractivity (Wildman–Crippen MR) is 80.2 cm³/mol. The van der Waals surface area contributed by atoms with Crippen LogP contribution in [0.3, 0.4) is 0 Å². The highest BCUT2D eigenvalue weighted by atomic mass is 15.1. The van der Waals surface area contributed by atoms with Gasteiger partial charge < -0.3 is 5.32 Å². The third-order valence-electron chi connectivity index (χ3n) is 2.64. The maximum Gasteiger partial charge on any atom is 0.227 e. The average Bonchev–Trinajstić information content (AvgIpc) is 2.46. The molecule has 1 aromatic heterocycles. The zero-order chi connectivity index (χ0) is 13.5. The fourth-order valence-electron chi connectivity index (χ4n) is 1.74. The fourth-order valence-corrected chi connectivity index (χ4v) is 1.74. The molecule has 2 aromatic rings. The van der Waals surface area contributed by atoms with Crippen molar-refractivity contribution in [2.24, 2.45) is 0 Å². The van der Waals surface area contributed by atoms with Crippen LogP contribution in [-0.2, 0) is 0 Å². The zero-order valence-electron chi connectivity index (χ0n) is 11.2. The molecule has 0 unspecified atom stereocenters. The van der Waals surface area contributed by atoms with E-state index < -0.39 is 0 Å². The minimum absolute atomic E-state index is 0.604. The van der Waals surface area contributed by atoms with Crippen molar-refractivity contribution in [2.45, 2.75) is 13.8 Å². The molecule has 0 aliphatic rings. The van der Waals surface area contributed by atoms with Gasteiger partial charge in [0, 0.05) is 11.9 Å². The number of benzene rings is 1. The third kappa shape index (κ3) is 3.52. The molecule has 2 rings (SSSR count). The van der Waals surface area contributed by atoms with Crippen molar-refractivity contribution in [1.29, 1.82) is 0 Å². The van der Waals surface area contributed by atoms with E-state index in [0.717, 1.165) is 17.0 Å². The molecular weight excluding hydrogens is 234 g/mol. The van der Waals surface area contributed by atoms with Gasteiger partial charge in [0.05, 0.1) is 5.69 Å². The van der Waals surface area contributed by atoms with Gasteiger partial charge in [0.15, 0.2) is 0 Å². The standard InChI is InChI=1S/C16H17N3/c1-3-8-13(4-2)15-11-12-17-16(19-15)18-14-9-6-5-7-10-14/h3-12H,1-2H3,(H,17,18,19)/b8-3-,13-4+. The molecule has 1 N–H and O–H groups in total. The summed E-state index contributed by atoms with van der Waals surface area (Å²) in [5.41, 5.74) is 2.97. The maximum absolute atomic E-state index is 4.52. The lowest BCUT2D eigenvalue weighted by molar-refractivity contribution is 1.14. The topological polar surface area (TPSA) is 37.8 Å². The van der Waals surface area contributed by atoms with Crippen LogP contribution in [0.15, 0.2) is 60.8 Å². The molecule has 0 radical (unpaired) electrons. The van der Waals surface area contributed by atoms with E-state index in [1.165, 1.54) is 0 Å². The Bertz CT molecular complexity index is 586. The summed E-state index contributed by atoms with van der Waals surface area (Å²) in [6.07, 6.45) is 7.84. The Kier molecular flexibility index (Phi) is 4.45. The van der Waals surface area contributed by atoms with Crippen LogP contribution >= 0.6 is 0 Å². The van der Waals surface area contributed by atoms with E-state index in [4.69, 9.17) is 0 Å². The smallest absolute Gasteiger partial charge is 0.227 e. The molecule has 3 heteroatoms. The number of rotatable bonds is 4. The van der Waals surface area contributed by atoms with Gasteiger partial charge >= 0.3 is 0 Å². The van der Waals surface area contributed by atoms with Crippen LogP contribution in [0.5, 0.6) is 0 Å². The zero-order valence-corrected chi connectivity index (χ0v) is 11.2. The summed E-state index contributed by atoms with van der Waals surface area (Å²) < 4.78 is 0. The van der Waals surface area contributed by atoms with Crippen LogP contribution < -0.4 is 5.32 Å². The summed E-state index contributed by atoms with van der Waals surface area (Å²) in [6, 6.07) is 11.8. The molecule has 1 aromatic carbocycles. The Morgan fingerprint density at radius 1 is 1.11 bits per heavy atom. The third-order valence-corrected chi connectivity index (χ3v) is 2.64. The van der Waals surface area contributed by atoms with Crippen molar-refractivity contribution in [2.75, 3.05) is 5.32 Å². The molecule has 0 fully saturated rings. The van der Waals surface area contributed by atoms with Crippen molar-refractivity contribution in [3.8, 4) is 0 Å². The monoisotopic (exact) mass is 251 g/mol. The Balaban J connectivity index is 2.25. The highest BCUT2D eigenvalue weighted by Gasteiger charge is 2.02. The summed E-state index contributed by atoms with van der Waals surface area (Å²) >= 11 is 0. The van der Waals surface area contributed by atoms with E-state index in [2.05, 4.69) is 15.3 Å². The van der Waals surface area contributed by atoms with Crippen LogP contribution in [0.25, 0.3) is 5.57 Å². The summed E-state index contributed by atoms with van der Waals surface area (Å²) in [4.78, 5) is 8.75. The SMILES string of the molecule is C/C=C\C(=C/C)c1ccnc(Nc2ccccc2)n1. The van der Waals surface area contributed by atoms with Gasteiger partial charge in [-0.3, -0.25) is 0 Å². The highest BCUT2D eigenvalue weighted by molar-refractivity contribution is 5.71. The predicted octanol–water partition coefficient (Wildman–Crippen LogP) is 4.20. The number of nitrogens with zero attached hydrogens (tertiary/aromatic N) is 2. The number of hydrogen-bond donors (Lipinski definition) is 1. The molecule has 0 aliphatic heterocycles. The molecule has 0 saturated carbocycles. The lowest BCUT2D eigenvalue weighted by Gasteiger charge is -2.06. The molecular formula is C16H17N3. The first-order chi connectivity index (χ1) is 9.33. The first-order valence-corrected chi connectivity index (χ1v) is 6.28. The van der Waals surface area contributed by atoms with Crippen molar-refractivity contribution in [1.82, 2.24) is 9.97 Å². The van der Waals surface area contributed by atoms with E-state index >= 15 is 0 Å². The van der Waals surface area contributed by atoms with Crippen LogP contribution in [0.1, 0.15) is 19.5 Å². The fraction of sp³-hybridized carbons (Fsp3) is 0.125. The molecule has 0 bridgehead atoms. The maximum atomic E-state index is 4.52. The van der Waals surface area contributed by atoms with E-state index in [9.17, 15) is 0 Å². The van der Waals surface area contributed by atoms with E-state index in [1.807, 2.05) is 68.5 Å². The van der Waals surface area contributed by atoms with E-state index in [-0.39, 0.29) is 0 Å². The second kappa shape index (κ2) is 6.50. The molecule has 1 heterocycles. The minimum atomic E-state index is 0.604. The molecule has 0 saturated heterocycles. The van der Waals surface area contributed by atoms with Crippen molar-refractivity contribution >= 4 is 17.2 Å². The lowest BCUT2D eigenvalue weighted by Crippen LogP contribution is -1.98. The van der Waals surface area contributed by atoms with Gasteiger partial charge in [0.25, 0.3) is 0 Å². The van der Waals surface area contributed by atoms with Crippen LogP contribution in [-0.4, -0.2) is 9.97 Å². The van der Waals surface area contributed by atoms with Crippen LogP contribution in [0.2, 0.25) is 0 Å². The second-order valence-electron chi connectivity index (χ2n) is 4.00. The molecule has 0 spiro atoms. The molecule has 19 heavy (non-hydrogen) atoms. The van der Waals surface area contributed by atoms with Gasteiger partial charge in [-0.25, -0.2) is 9.97 Å². The molecule has 0 amide bonds. The largest absolute Gasteiger partial charge is 0.324 e.